The molecule has 0 heterocycles. The lowest BCUT2D eigenvalue weighted by Gasteiger charge is -2.12. The van der Waals surface area contributed by atoms with E-state index in [4.69, 9.17) is 0 Å². The first-order valence-electron chi connectivity index (χ1n) is 6.14. The summed E-state index contributed by atoms with van der Waals surface area (Å²) in [6.07, 6.45) is 4.01. The van der Waals surface area contributed by atoms with Crippen molar-refractivity contribution in [2.45, 2.75) is 59.5 Å². The van der Waals surface area contributed by atoms with Crippen LogP contribution >= 0.6 is 0 Å². The maximum absolute atomic E-state index is 11.3. The number of carbonyl (C=O) groups excluding carboxylic acids is 1. The first-order valence-corrected chi connectivity index (χ1v) is 6.14. The van der Waals surface area contributed by atoms with E-state index in [2.05, 4.69) is 24.5 Å². The molecule has 3 nitrogen and oxygen atoms in total. The molecule has 0 unspecified atom stereocenters. The molecule has 0 saturated carbocycles. The topological polar surface area (TPSA) is 41.1 Å². The number of Topliss-reactive ketones (excluding diaryl/α,β-unsaturated/α-hetero) is 1. The van der Waals surface area contributed by atoms with Crippen LogP contribution in [0.1, 0.15) is 47.5 Å². The Morgan fingerprint density at radius 2 is 1.81 bits per heavy atom. The van der Waals surface area contributed by atoms with Crippen LogP contribution in [0.2, 0.25) is 0 Å². The van der Waals surface area contributed by atoms with Crippen LogP contribution in [0.3, 0.4) is 0 Å². The number of ketones is 1. The molecule has 0 amide bonds. The number of rotatable bonds is 8. The van der Waals surface area contributed by atoms with Gasteiger partial charge in [-0.05, 0) is 33.2 Å². The highest BCUT2D eigenvalue weighted by atomic mass is 16.1. The van der Waals surface area contributed by atoms with E-state index in [1.807, 2.05) is 19.9 Å². The van der Waals surface area contributed by atoms with Crippen LogP contribution in [0.15, 0.2) is 11.8 Å². The van der Waals surface area contributed by atoms with E-state index in [9.17, 15) is 4.79 Å². The summed E-state index contributed by atoms with van der Waals surface area (Å²) in [6.45, 7) is 11.0. The molecule has 0 rings (SSSR count). The molecular formula is C13H26N2O. The van der Waals surface area contributed by atoms with Crippen molar-refractivity contribution in [2.75, 3.05) is 6.54 Å². The molecular weight excluding hydrogens is 200 g/mol. The summed E-state index contributed by atoms with van der Waals surface area (Å²) in [6, 6.07) is 0.842. The van der Waals surface area contributed by atoms with E-state index in [0.29, 0.717) is 12.1 Å². The molecule has 94 valence electrons. The fourth-order valence-electron chi connectivity index (χ4n) is 1.35. The summed E-state index contributed by atoms with van der Waals surface area (Å²) in [7, 11) is 0. The van der Waals surface area contributed by atoms with Crippen LogP contribution in [0, 0.1) is 0 Å². The van der Waals surface area contributed by atoms with Crippen LogP contribution < -0.4 is 10.6 Å². The van der Waals surface area contributed by atoms with Crippen LogP contribution in [0.4, 0.5) is 0 Å². The Hall–Kier alpha value is -0.830. The van der Waals surface area contributed by atoms with E-state index in [-0.39, 0.29) is 5.78 Å². The fourth-order valence-corrected chi connectivity index (χ4v) is 1.35. The number of hydrogen-bond acceptors (Lipinski definition) is 3. The summed E-state index contributed by atoms with van der Waals surface area (Å²) in [4.78, 5) is 11.3. The molecule has 0 aromatic rings. The molecule has 0 saturated heterocycles. The molecule has 0 spiro atoms. The van der Waals surface area contributed by atoms with Gasteiger partial charge in [0.25, 0.3) is 0 Å². The third-order valence-electron chi connectivity index (χ3n) is 2.11. The van der Waals surface area contributed by atoms with Crippen LogP contribution in [0.25, 0.3) is 0 Å². The highest BCUT2D eigenvalue weighted by molar-refractivity contribution is 5.92. The molecule has 0 bridgehead atoms. The molecule has 0 aliphatic heterocycles. The minimum atomic E-state index is 0.116. The van der Waals surface area contributed by atoms with Crippen molar-refractivity contribution in [1.29, 1.82) is 0 Å². The summed E-state index contributed by atoms with van der Waals surface area (Å²) in [5.41, 5.74) is 0.750. The van der Waals surface area contributed by atoms with Gasteiger partial charge >= 0.3 is 0 Å². The SMILES string of the molecule is CC(=O)/C(=C\CCCNC(C)C)NC(C)C. The summed E-state index contributed by atoms with van der Waals surface area (Å²) in [5.74, 6) is 0.116. The molecule has 0 radical (unpaired) electrons. The van der Waals surface area contributed by atoms with E-state index in [1.54, 1.807) is 6.92 Å². The second-order valence-corrected chi connectivity index (χ2v) is 4.72. The number of carbonyl (C=O) groups is 1. The number of hydrogen-bond donors (Lipinski definition) is 2. The van der Waals surface area contributed by atoms with Crippen molar-refractivity contribution in [2.24, 2.45) is 0 Å². The normalized spacial score (nSPS) is 12.3. The van der Waals surface area contributed by atoms with Gasteiger partial charge in [-0.15, -0.1) is 0 Å². The molecule has 0 atom stereocenters. The average molecular weight is 226 g/mol. The smallest absolute Gasteiger partial charge is 0.175 e. The van der Waals surface area contributed by atoms with Gasteiger partial charge in [-0.3, -0.25) is 4.79 Å². The predicted octanol–water partition coefficient (Wildman–Crippen LogP) is 2.24. The highest BCUT2D eigenvalue weighted by Crippen LogP contribution is 1.99. The second kappa shape index (κ2) is 8.34. The lowest BCUT2D eigenvalue weighted by Crippen LogP contribution is -2.26. The van der Waals surface area contributed by atoms with Crippen LogP contribution in [-0.4, -0.2) is 24.4 Å². The Bertz CT molecular complexity index is 232. The standard InChI is InChI=1S/C13H26N2O/c1-10(2)14-9-7-6-8-13(12(5)16)15-11(3)4/h8,10-11,14-15H,6-7,9H2,1-5H3/b13-8+. The van der Waals surface area contributed by atoms with Gasteiger partial charge in [0.05, 0.1) is 5.70 Å². The van der Waals surface area contributed by atoms with Crippen LogP contribution in [-0.2, 0) is 4.79 Å². The van der Waals surface area contributed by atoms with Crippen molar-refractivity contribution in [3.8, 4) is 0 Å². The predicted molar refractivity (Wildman–Crippen MR) is 69.4 cm³/mol. The van der Waals surface area contributed by atoms with E-state index in [0.717, 1.165) is 25.1 Å². The molecule has 2 N–H and O–H groups in total. The summed E-state index contributed by atoms with van der Waals surface area (Å²) >= 11 is 0. The van der Waals surface area contributed by atoms with Crippen molar-refractivity contribution >= 4 is 5.78 Å². The van der Waals surface area contributed by atoms with Crippen molar-refractivity contribution in [3.05, 3.63) is 11.8 Å². The van der Waals surface area contributed by atoms with E-state index >= 15 is 0 Å². The summed E-state index contributed by atoms with van der Waals surface area (Å²) in [5, 5.41) is 6.52. The van der Waals surface area contributed by atoms with Gasteiger partial charge < -0.3 is 10.6 Å². The quantitative estimate of drug-likeness (QED) is 0.492. The lowest BCUT2D eigenvalue weighted by atomic mass is 10.2. The molecule has 0 aromatic carbocycles. The van der Waals surface area contributed by atoms with E-state index < -0.39 is 0 Å². The Morgan fingerprint density at radius 1 is 1.19 bits per heavy atom. The van der Waals surface area contributed by atoms with Gasteiger partial charge in [0, 0.05) is 19.0 Å². The third-order valence-corrected chi connectivity index (χ3v) is 2.11. The Morgan fingerprint density at radius 3 is 2.25 bits per heavy atom. The highest BCUT2D eigenvalue weighted by Gasteiger charge is 2.03. The molecule has 0 fully saturated rings. The first kappa shape index (κ1) is 15.2. The maximum Gasteiger partial charge on any atom is 0.175 e. The minimum Gasteiger partial charge on any atom is -0.380 e. The molecule has 0 aliphatic rings. The Balaban J connectivity index is 3.91. The maximum atomic E-state index is 11.3. The second-order valence-electron chi connectivity index (χ2n) is 4.72. The minimum absolute atomic E-state index is 0.116. The fraction of sp³-hybridized carbons (Fsp3) is 0.769. The number of unbranched alkanes of at least 4 members (excludes halogenated alkanes) is 1. The molecule has 3 heteroatoms. The van der Waals surface area contributed by atoms with Crippen molar-refractivity contribution in [1.82, 2.24) is 10.6 Å². The third kappa shape index (κ3) is 8.48. The van der Waals surface area contributed by atoms with Crippen molar-refractivity contribution in [3.63, 3.8) is 0 Å². The zero-order valence-corrected chi connectivity index (χ0v) is 11.3. The van der Waals surface area contributed by atoms with Gasteiger partial charge in [-0.25, -0.2) is 0 Å². The van der Waals surface area contributed by atoms with Gasteiger partial charge in [0.15, 0.2) is 5.78 Å². The largest absolute Gasteiger partial charge is 0.380 e. The van der Waals surface area contributed by atoms with Gasteiger partial charge in [-0.2, -0.15) is 0 Å². The van der Waals surface area contributed by atoms with E-state index in [1.165, 1.54) is 0 Å². The van der Waals surface area contributed by atoms with Crippen LogP contribution in [0.5, 0.6) is 0 Å². The van der Waals surface area contributed by atoms with Crippen molar-refractivity contribution < 1.29 is 4.79 Å². The molecule has 0 aromatic heterocycles. The van der Waals surface area contributed by atoms with Gasteiger partial charge in [-0.1, -0.05) is 19.9 Å². The monoisotopic (exact) mass is 226 g/mol. The lowest BCUT2D eigenvalue weighted by molar-refractivity contribution is -0.114. The Labute approximate surface area is 99.7 Å². The summed E-state index contributed by atoms with van der Waals surface area (Å²) < 4.78 is 0. The zero-order valence-electron chi connectivity index (χ0n) is 11.3. The van der Waals surface area contributed by atoms with Gasteiger partial charge in [0.1, 0.15) is 0 Å². The zero-order chi connectivity index (χ0) is 12.6. The Kier molecular flexibility index (Phi) is 7.90. The first-order chi connectivity index (χ1) is 7.43. The number of allylic oxidation sites excluding steroid dienone is 2. The average Bonchev–Trinajstić information content (AvgIpc) is 2.14. The van der Waals surface area contributed by atoms with Gasteiger partial charge in [0.2, 0.25) is 0 Å². The molecule has 0 aliphatic carbocycles. The molecule has 16 heavy (non-hydrogen) atoms. The number of nitrogens with one attached hydrogen (secondary N) is 2.